The minimum atomic E-state index is -0.855. The van der Waals surface area contributed by atoms with Crippen LogP contribution in [0.3, 0.4) is 0 Å². The Labute approximate surface area is 111 Å². The lowest BCUT2D eigenvalue weighted by Crippen LogP contribution is -2.09. The first-order chi connectivity index (χ1) is 9.06. The largest absolute Gasteiger partial charge is 0.508 e. The normalized spacial score (nSPS) is 15.9. The molecule has 2 N–H and O–H groups in total. The minimum Gasteiger partial charge on any atom is -0.508 e. The van der Waals surface area contributed by atoms with Crippen LogP contribution in [0.15, 0.2) is 12.1 Å². The van der Waals surface area contributed by atoms with E-state index in [1.54, 1.807) is 6.07 Å². The first-order valence-electron chi connectivity index (χ1n) is 6.23. The highest BCUT2D eigenvalue weighted by Gasteiger charge is 2.35. The fourth-order valence-electron chi connectivity index (χ4n) is 2.40. The highest BCUT2D eigenvalue weighted by atomic mass is 16.5. The number of benzene rings is 1. The smallest absolute Gasteiger partial charge is 0.303 e. The summed E-state index contributed by atoms with van der Waals surface area (Å²) in [5.74, 6) is 0.319. The van der Waals surface area contributed by atoms with Crippen LogP contribution in [0.1, 0.15) is 30.7 Å². The van der Waals surface area contributed by atoms with E-state index in [0.29, 0.717) is 23.0 Å². The molecule has 0 spiro atoms. The van der Waals surface area contributed by atoms with Gasteiger partial charge in [0, 0.05) is 17.5 Å². The maximum absolute atomic E-state index is 11.0. The summed E-state index contributed by atoms with van der Waals surface area (Å²) >= 11 is 0. The molecule has 0 radical (unpaired) electrons. The standard InChI is InChI=1S/C14H18O5/c1-18-12-5-10(11(15)7-13(12)19-2)9(6-14(16)17)8-3-4-8/h5,7-9,15H,3-4,6H2,1-2H3,(H,16,17). The third-order valence-corrected chi connectivity index (χ3v) is 3.52. The molecule has 104 valence electrons. The number of phenols is 1. The number of aromatic hydroxyl groups is 1. The van der Waals surface area contributed by atoms with Crippen LogP contribution in [0.25, 0.3) is 0 Å². The molecule has 5 heteroatoms. The van der Waals surface area contributed by atoms with Gasteiger partial charge in [0.2, 0.25) is 0 Å². The van der Waals surface area contributed by atoms with Gasteiger partial charge in [-0.15, -0.1) is 0 Å². The summed E-state index contributed by atoms with van der Waals surface area (Å²) in [5, 5.41) is 19.1. The van der Waals surface area contributed by atoms with Gasteiger partial charge >= 0.3 is 5.97 Å². The van der Waals surface area contributed by atoms with Crippen LogP contribution >= 0.6 is 0 Å². The third-order valence-electron chi connectivity index (χ3n) is 3.52. The summed E-state index contributed by atoms with van der Waals surface area (Å²) in [4.78, 5) is 11.0. The van der Waals surface area contributed by atoms with E-state index in [1.807, 2.05) is 0 Å². The van der Waals surface area contributed by atoms with E-state index in [0.717, 1.165) is 12.8 Å². The van der Waals surface area contributed by atoms with Crippen molar-refractivity contribution in [1.82, 2.24) is 0 Å². The monoisotopic (exact) mass is 266 g/mol. The molecule has 1 aliphatic rings. The first-order valence-corrected chi connectivity index (χ1v) is 6.23. The number of methoxy groups -OCH3 is 2. The van der Waals surface area contributed by atoms with Crippen molar-refractivity contribution >= 4 is 5.97 Å². The van der Waals surface area contributed by atoms with E-state index in [4.69, 9.17) is 14.6 Å². The molecule has 1 aromatic carbocycles. The fraction of sp³-hybridized carbons (Fsp3) is 0.500. The molecule has 0 aromatic heterocycles. The molecule has 0 saturated heterocycles. The van der Waals surface area contributed by atoms with E-state index < -0.39 is 5.97 Å². The van der Waals surface area contributed by atoms with Crippen LogP contribution in [-0.2, 0) is 4.79 Å². The fourth-order valence-corrected chi connectivity index (χ4v) is 2.40. The summed E-state index contributed by atoms with van der Waals surface area (Å²) in [7, 11) is 3.01. The SMILES string of the molecule is COc1cc(O)c(C(CC(=O)O)C2CC2)cc1OC. The van der Waals surface area contributed by atoms with E-state index in [-0.39, 0.29) is 18.1 Å². The Morgan fingerprint density at radius 1 is 1.32 bits per heavy atom. The lowest BCUT2D eigenvalue weighted by atomic mass is 9.90. The summed E-state index contributed by atoms with van der Waals surface area (Å²) in [6.45, 7) is 0. The van der Waals surface area contributed by atoms with Gasteiger partial charge in [0.15, 0.2) is 11.5 Å². The number of aliphatic carboxylic acids is 1. The number of hydrogen-bond donors (Lipinski definition) is 2. The molecular formula is C14H18O5. The lowest BCUT2D eigenvalue weighted by Gasteiger charge is -2.18. The quantitative estimate of drug-likeness (QED) is 0.826. The summed E-state index contributed by atoms with van der Waals surface area (Å²) in [6.07, 6.45) is 2.03. The first kappa shape index (κ1) is 13.5. The average Bonchev–Trinajstić information content (AvgIpc) is 3.20. The molecular weight excluding hydrogens is 248 g/mol. The molecule has 2 rings (SSSR count). The maximum Gasteiger partial charge on any atom is 0.303 e. The Hall–Kier alpha value is -1.91. The van der Waals surface area contributed by atoms with Gasteiger partial charge in [0.25, 0.3) is 0 Å². The molecule has 0 bridgehead atoms. The van der Waals surface area contributed by atoms with Crippen molar-refractivity contribution in [3.8, 4) is 17.2 Å². The number of ether oxygens (including phenoxy) is 2. The summed E-state index contributed by atoms with van der Waals surface area (Å²) < 4.78 is 10.3. The van der Waals surface area contributed by atoms with Gasteiger partial charge < -0.3 is 19.7 Å². The van der Waals surface area contributed by atoms with Crippen LogP contribution in [0.5, 0.6) is 17.2 Å². The zero-order valence-electron chi connectivity index (χ0n) is 11.0. The summed E-state index contributed by atoms with van der Waals surface area (Å²) in [5.41, 5.74) is 0.627. The average molecular weight is 266 g/mol. The van der Waals surface area contributed by atoms with Crippen LogP contribution in [0.4, 0.5) is 0 Å². The minimum absolute atomic E-state index is 0.0215. The zero-order chi connectivity index (χ0) is 14.0. The van der Waals surface area contributed by atoms with E-state index in [2.05, 4.69) is 0 Å². The molecule has 0 aliphatic heterocycles. The summed E-state index contributed by atoms with van der Waals surface area (Å²) in [6, 6.07) is 3.16. The molecule has 1 unspecified atom stereocenters. The van der Waals surface area contributed by atoms with E-state index in [9.17, 15) is 9.90 Å². The molecule has 1 aliphatic carbocycles. The van der Waals surface area contributed by atoms with Gasteiger partial charge in [-0.1, -0.05) is 0 Å². The van der Waals surface area contributed by atoms with Crippen molar-refractivity contribution in [2.45, 2.75) is 25.2 Å². The van der Waals surface area contributed by atoms with E-state index in [1.165, 1.54) is 20.3 Å². The Morgan fingerprint density at radius 3 is 2.37 bits per heavy atom. The lowest BCUT2D eigenvalue weighted by molar-refractivity contribution is -0.137. The Bertz CT molecular complexity index is 479. The van der Waals surface area contributed by atoms with Gasteiger partial charge in [0.1, 0.15) is 5.75 Å². The van der Waals surface area contributed by atoms with Gasteiger partial charge in [0.05, 0.1) is 20.6 Å². The van der Waals surface area contributed by atoms with Gasteiger partial charge in [-0.3, -0.25) is 4.79 Å². The maximum atomic E-state index is 11.0. The van der Waals surface area contributed by atoms with E-state index >= 15 is 0 Å². The van der Waals surface area contributed by atoms with Crippen LogP contribution in [0, 0.1) is 5.92 Å². The Morgan fingerprint density at radius 2 is 1.89 bits per heavy atom. The van der Waals surface area contributed by atoms with Crippen molar-refractivity contribution in [3.63, 3.8) is 0 Å². The van der Waals surface area contributed by atoms with Crippen molar-refractivity contribution in [2.75, 3.05) is 14.2 Å². The topological polar surface area (TPSA) is 76.0 Å². The highest BCUT2D eigenvalue weighted by Crippen LogP contribution is 2.49. The number of carbonyl (C=O) groups is 1. The van der Waals surface area contributed by atoms with Gasteiger partial charge in [-0.05, 0) is 24.8 Å². The Balaban J connectivity index is 2.38. The molecule has 0 heterocycles. The highest BCUT2D eigenvalue weighted by molar-refractivity contribution is 5.69. The molecule has 1 atom stereocenters. The second-order valence-electron chi connectivity index (χ2n) is 4.81. The number of carboxylic acids is 1. The number of carboxylic acid groups (broad SMARTS) is 1. The van der Waals surface area contributed by atoms with Crippen molar-refractivity contribution in [1.29, 1.82) is 0 Å². The molecule has 1 fully saturated rings. The predicted molar refractivity (Wildman–Crippen MR) is 68.9 cm³/mol. The van der Waals surface area contributed by atoms with Crippen LogP contribution in [0.2, 0.25) is 0 Å². The number of rotatable bonds is 6. The second kappa shape index (κ2) is 5.38. The molecule has 1 aromatic rings. The van der Waals surface area contributed by atoms with Crippen molar-refractivity contribution in [3.05, 3.63) is 17.7 Å². The number of phenolic OH excluding ortho intramolecular Hbond substituents is 1. The predicted octanol–water partition coefficient (Wildman–Crippen LogP) is 2.38. The van der Waals surface area contributed by atoms with Crippen molar-refractivity contribution in [2.24, 2.45) is 5.92 Å². The molecule has 1 saturated carbocycles. The van der Waals surface area contributed by atoms with Crippen molar-refractivity contribution < 1.29 is 24.5 Å². The zero-order valence-corrected chi connectivity index (χ0v) is 11.0. The Kier molecular flexibility index (Phi) is 3.83. The van der Waals surface area contributed by atoms with Crippen LogP contribution < -0.4 is 9.47 Å². The van der Waals surface area contributed by atoms with Crippen LogP contribution in [-0.4, -0.2) is 30.4 Å². The van der Waals surface area contributed by atoms with Gasteiger partial charge in [-0.2, -0.15) is 0 Å². The third kappa shape index (κ3) is 2.92. The molecule has 19 heavy (non-hydrogen) atoms. The number of hydrogen-bond acceptors (Lipinski definition) is 4. The molecule has 5 nitrogen and oxygen atoms in total. The van der Waals surface area contributed by atoms with Gasteiger partial charge in [-0.25, -0.2) is 0 Å². The second-order valence-corrected chi connectivity index (χ2v) is 4.81. The molecule has 0 amide bonds.